The predicted octanol–water partition coefficient (Wildman–Crippen LogP) is 3.76. The number of aromatic nitrogens is 1. The van der Waals surface area contributed by atoms with Crippen LogP contribution in [0, 0.1) is 12.7 Å². The Hall–Kier alpha value is -1.70. The summed E-state index contributed by atoms with van der Waals surface area (Å²) in [5.74, 6) is -0.165. The highest BCUT2D eigenvalue weighted by atomic mass is 19.1. The van der Waals surface area contributed by atoms with Gasteiger partial charge in [0.05, 0.1) is 0 Å². The van der Waals surface area contributed by atoms with Crippen LogP contribution in [0.15, 0.2) is 36.5 Å². The first-order valence-corrected chi connectivity index (χ1v) is 5.42. The van der Waals surface area contributed by atoms with Gasteiger partial charge in [0, 0.05) is 17.5 Å². The lowest BCUT2D eigenvalue weighted by Crippen LogP contribution is -1.88. The zero-order chi connectivity index (χ0) is 11.5. The Labute approximate surface area is 95.0 Å². The smallest absolute Gasteiger partial charge is 0.126 e. The van der Waals surface area contributed by atoms with Gasteiger partial charge in [-0.3, -0.25) is 4.98 Å². The van der Waals surface area contributed by atoms with Crippen LogP contribution < -0.4 is 0 Å². The first-order valence-electron chi connectivity index (χ1n) is 5.42. The largest absolute Gasteiger partial charge is 0.261 e. The Balaban J connectivity index is 2.38. The zero-order valence-electron chi connectivity index (χ0n) is 9.50. The number of hydrogen-bond donors (Lipinski definition) is 0. The molecule has 0 aliphatic rings. The molecule has 0 unspecified atom stereocenters. The topological polar surface area (TPSA) is 12.9 Å². The number of benzene rings is 1. The Morgan fingerprint density at radius 1 is 1.12 bits per heavy atom. The van der Waals surface area contributed by atoms with Crippen LogP contribution in [0.4, 0.5) is 4.39 Å². The lowest BCUT2D eigenvalue weighted by molar-refractivity contribution is 0.619. The van der Waals surface area contributed by atoms with E-state index >= 15 is 0 Å². The van der Waals surface area contributed by atoms with E-state index in [1.54, 1.807) is 13.0 Å². The molecule has 82 valence electrons. The zero-order valence-corrected chi connectivity index (χ0v) is 9.50. The second-order valence-corrected chi connectivity index (χ2v) is 3.86. The van der Waals surface area contributed by atoms with Crippen molar-refractivity contribution in [1.82, 2.24) is 4.98 Å². The SMILES string of the molecule is CCc1ccc(-c2ccc(F)c(C)c2)cn1. The molecule has 1 nitrogen and oxygen atoms in total. The van der Waals surface area contributed by atoms with E-state index in [2.05, 4.69) is 11.9 Å². The molecule has 0 bridgehead atoms. The summed E-state index contributed by atoms with van der Waals surface area (Å²) >= 11 is 0. The average Bonchev–Trinajstić information content (AvgIpc) is 2.33. The van der Waals surface area contributed by atoms with Gasteiger partial charge in [-0.15, -0.1) is 0 Å². The van der Waals surface area contributed by atoms with Gasteiger partial charge >= 0.3 is 0 Å². The lowest BCUT2D eigenvalue weighted by Gasteiger charge is -2.04. The number of hydrogen-bond acceptors (Lipinski definition) is 1. The van der Waals surface area contributed by atoms with E-state index in [0.29, 0.717) is 5.56 Å². The lowest BCUT2D eigenvalue weighted by atomic mass is 10.0. The summed E-state index contributed by atoms with van der Waals surface area (Å²) in [6.45, 7) is 3.84. The molecule has 1 heterocycles. The Bertz CT molecular complexity index is 489. The highest BCUT2D eigenvalue weighted by Crippen LogP contribution is 2.21. The van der Waals surface area contributed by atoms with Crippen LogP contribution in [-0.4, -0.2) is 4.98 Å². The highest BCUT2D eigenvalue weighted by molar-refractivity contribution is 5.63. The van der Waals surface area contributed by atoms with Gasteiger partial charge in [0.25, 0.3) is 0 Å². The van der Waals surface area contributed by atoms with Crippen molar-refractivity contribution >= 4 is 0 Å². The fourth-order valence-corrected chi connectivity index (χ4v) is 1.63. The summed E-state index contributed by atoms with van der Waals surface area (Å²) in [5.41, 5.74) is 3.77. The van der Waals surface area contributed by atoms with Gasteiger partial charge in [-0.2, -0.15) is 0 Å². The van der Waals surface area contributed by atoms with E-state index in [1.807, 2.05) is 24.4 Å². The van der Waals surface area contributed by atoms with Gasteiger partial charge in [-0.25, -0.2) is 4.39 Å². The maximum atomic E-state index is 13.1. The van der Waals surface area contributed by atoms with E-state index < -0.39 is 0 Å². The Kier molecular flexibility index (Phi) is 3.00. The summed E-state index contributed by atoms with van der Waals surface area (Å²) in [7, 11) is 0. The van der Waals surface area contributed by atoms with Crippen molar-refractivity contribution in [3.05, 3.63) is 53.6 Å². The van der Waals surface area contributed by atoms with Crippen molar-refractivity contribution in [2.75, 3.05) is 0 Å². The first kappa shape index (κ1) is 10.8. The molecule has 1 aromatic carbocycles. The van der Waals surface area contributed by atoms with E-state index in [9.17, 15) is 4.39 Å². The Morgan fingerprint density at radius 2 is 1.88 bits per heavy atom. The maximum absolute atomic E-state index is 13.1. The van der Waals surface area contributed by atoms with Crippen molar-refractivity contribution in [2.45, 2.75) is 20.3 Å². The van der Waals surface area contributed by atoms with Gasteiger partial charge in [0.1, 0.15) is 5.82 Å². The molecule has 16 heavy (non-hydrogen) atoms. The van der Waals surface area contributed by atoms with Crippen molar-refractivity contribution in [2.24, 2.45) is 0 Å². The fourth-order valence-electron chi connectivity index (χ4n) is 1.63. The fraction of sp³-hybridized carbons (Fsp3) is 0.214. The molecule has 0 N–H and O–H groups in total. The van der Waals surface area contributed by atoms with Crippen LogP contribution >= 0.6 is 0 Å². The van der Waals surface area contributed by atoms with Crippen LogP contribution in [0.25, 0.3) is 11.1 Å². The normalized spacial score (nSPS) is 10.4. The monoisotopic (exact) mass is 215 g/mol. The average molecular weight is 215 g/mol. The standard InChI is InChI=1S/C14H14FN/c1-3-13-6-4-12(9-16-13)11-5-7-14(15)10(2)8-11/h4-9H,3H2,1-2H3. The molecule has 2 aromatic rings. The van der Waals surface area contributed by atoms with E-state index in [0.717, 1.165) is 23.2 Å². The highest BCUT2D eigenvalue weighted by Gasteiger charge is 2.02. The van der Waals surface area contributed by atoms with Crippen molar-refractivity contribution in [1.29, 1.82) is 0 Å². The van der Waals surface area contributed by atoms with Crippen molar-refractivity contribution in [3.8, 4) is 11.1 Å². The summed E-state index contributed by atoms with van der Waals surface area (Å²) in [5, 5.41) is 0. The van der Waals surface area contributed by atoms with Gasteiger partial charge in [0.2, 0.25) is 0 Å². The van der Waals surface area contributed by atoms with E-state index in [1.165, 1.54) is 6.07 Å². The molecule has 0 spiro atoms. The number of pyridine rings is 1. The number of nitrogens with zero attached hydrogens (tertiary/aromatic N) is 1. The van der Waals surface area contributed by atoms with Crippen molar-refractivity contribution in [3.63, 3.8) is 0 Å². The molecule has 2 rings (SSSR count). The molecule has 0 aliphatic heterocycles. The number of aryl methyl sites for hydroxylation is 2. The van der Waals surface area contributed by atoms with Crippen molar-refractivity contribution < 1.29 is 4.39 Å². The predicted molar refractivity (Wildman–Crippen MR) is 63.7 cm³/mol. The molecule has 1 aromatic heterocycles. The summed E-state index contributed by atoms with van der Waals surface area (Å²) in [6.07, 6.45) is 2.77. The molecule has 0 atom stereocenters. The second kappa shape index (κ2) is 4.44. The van der Waals surface area contributed by atoms with Crippen LogP contribution in [0.2, 0.25) is 0 Å². The molecule has 0 amide bonds. The van der Waals surface area contributed by atoms with Gasteiger partial charge in [0.15, 0.2) is 0 Å². The van der Waals surface area contributed by atoms with Gasteiger partial charge in [-0.1, -0.05) is 19.1 Å². The number of halogens is 1. The molecule has 0 saturated carbocycles. The van der Waals surface area contributed by atoms with Crippen LogP contribution in [0.1, 0.15) is 18.2 Å². The van der Waals surface area contributed by atoms with Gasteiger partial charge in [-0.05, 0) is 42.7 Å². The summed E-state index contributed by atoms with van der Waals surface area (Å²) in [6, 6.07) is 9.16. The van der Waals surface area contributed by atoms with Crippen LogP contribution in [0.3, 0.4) is 0 Å². The first-order chi connectivity index (χ1) is 7.70. The molecular weight excluding hydrogens is 201 g/mol. The minimum absolute atomic E-state index is 0.165. The quantitative estimate of drug-likeness (QED) is 0.743. The van der Waals surface area contributed by atoms with Crippen LogP contribution in [0.5, 0.6) is 0 Å². The second-order valence-electron chi connectivity index (χ2n) is 3.86. The molecule has 0 fully saturated rings. The molecular formula is C14H14FN. The minimum atomic E-state index is -0.165. The number of rotatable bonds is 2. The van der Waals surface area contributed by atoms with Crippen LogP contribution in [-0.2, 0) is 6.42 Å². The van der Waals surface area contributed by atoms with Gasteiger partial charge < -0.3 is 0 Å². The molecule has 2 heteroatoms. The molecule has 0 saturated heterocycles. The molecule has 0 aliphatic carbocycles. The Morgan fingerprint density at radius 3 is 2.44 bits per heavy atom. The minimum Gasteiger partial charge on any atom is -0.261 e. The molecule has 0 radical (unpaired) electrons. The maximum Gasteiger partial charge on any atom is 0.126 e. The summed E-state index contributed by atoms with van der Waals surface area (Å²) < 4.78 is 13.1. The third-order valence-corrected chi connectivity index (χ3v) is 2.68. The van der Waals surface area contributed by atoms with E-state index in [4.69, 9.17) is 0 Å². The third kappa shape index (κ3) is 2.11. The third-order valence-electron chi connectivity index (χ3n) is 2.68. The van der Waals surface area contributed by atoms with E-state index in [-0.39, 0.29) is 5.82 Å². The summed E-state index contributed by atoms with van der Waals surface area (Å²) in [4.78, 5) is 4.33.